The highest BCUT2D eigenvalue weighted by molar-refractivity contribution is 6.04. The summed E-state index contributed by atoms with van der Waals surface area (Å²) < 4.78 is 6.42. The van der Waals surface area contributed by atoms with E-state index in [1.807, 2.05) is 26.0 Å². The van der Waals surface area contributed by atoms with Gasteiger partial charge in [-0.15, -0.1) is 10.2 Å². The highest BCUT2D eigenvalue weighted by Crippen LogP contribution is 2.74. The van der Waals surface area contributed by atoms with Crippen molar-refractivity contribution in [3.63, 3.8) is 0 Å². The summed E-state index contributed by atoms with van der Waals surface area (Å²) in [7, 11) is 0. The van der Waals surface area contributed by atoms with Gasteiger partial charge in [0.2, 0.25) is 11.8 Å². The Balaban J connectivity index is 1.52. The molecule has 0 saturated heterocycles. The number of rotatable bonds is 2. The lowest BCUT2D eigenvalue weighted by Crippen LogP contribution is -2.65. The minimum atomic E-state index is -0.654. The van der Waals surface area contributed by atoms with Gasteiger partial charge in [-0.3, -0.25) is 9.59 Å². The molecule has 1 aromatic heterocycles. The number of fused-ring (bicyclic) bond motifs is 7. The zero-order chi connectivity index (χ0) is 30.0. The van der Waals surface area contributed by atoms with Crippen molar-refractivity contribution in [2.45, 2.75) is 119 Å². The number of carbonyl (C=O) groups excluding carboxylic acids is 2. The van der Waals surface area contributed by atoms with Gasteiger partial charge in [-0.25, -0.2) is 0 Å². The van der Waals surface area contributed by atoms with Crippen LogP contribution in [0.3, 0.4) is 0 Å². The van der Waals surface area contributed by atoms with Gasteiger partial charge in [0.15, 0.2) is 11.6 Å². The predicted octanol–water partition coefficient (Wildman–Crippen LogP) is 7.66. The lowest BCUT2D eigenvalue weighted by atomic mass is 9.34. The molecule has 0 N–H and O–H groups in total. The lowest BCUT2D eigenvalue weighted by Gasteiger charge is -2.68. The topological polar surface area (TPSA) is 96.9 Å². The quantitative estimate of drug-likeness (QED) is 0.370. The molecule has 0 aromatic carbocycles. The Labute approximate surface area is 245 Å². The minimum absolute atomic E-state index is 0.0519. The number of nitriles is 1. The maximum absolute atomic E-state index is 14.7. The second-order valence-corrected chi connectivity index (χ2v) is 16.5. The van der Waals surface area contributed by atoms with E-state index in [4.69, 9.17) is 4.42 Å². The number of nitrogens with zero attached hydrogens (tertiary/aromatic N) is 3. The first-order valence-electron chi connectivity index (χ1n) is 15.7. The van der Waals surface area contributed by atoms with Gasteiger partial charge in [0, 0.05) is 22.7 Å². The zero-order valence-electron chi connectivity index (χ0n) is 26.5. The third-order valence-corrected chi connectivity index (χ3v) is 13.2. The number of hydrogen-bond acceptors (Lipinski definition) is 6. The van der Waals surface area contributed by atoms with Gasteiger partial charge in [-0.1, -0.05) is 74.0 Å². The summed E-state index contributed by atoms with van der Waals surface area (Å²) in [6, 6.07) is 2.21. The molecule has 0 bridgehead atoms. The van der Waals surface area contributed by atoms with Crippen LogP contribution < -0.4 is 0 Å². The summed E-state index contributed by atoms with van der Waals surface area (Å²) >= 11 is 0. The van der Waals surface area contributed by atoms with Gasteiger partial charge in [0.05, 0.1) is 11.0 Å². The van der Waals surface area contributed by atoms with Gasteiger partial charge in [0.25, 0.3) is 0 Å². The van der Waals surface area contributed by atoms with Crippen LogP contribution in [-0.4, -0.2) is 21.8 Å². The van der Waals surface area contributed by atoms with Gasteiger partial charge < -0.3 is 4.42 Å². The third kappa shape index (κ3) is 3.53. The number of carbonyl (C=O) groups is 2. The molecule has 220 valence electrons. The molecule has 0 spiro atoms. The molecule has 2 unspecified atom stereocenters. The van der Waals surface area contributed by atoms with Crippen LogP contribution >= 0.6 is 0 Å². The Morgan fingerprint density at radius 1 is 0.976 bits per heavy atom. The van der Waals surface area contributed by atoms with Crippen LogP contribution in [0, 0.1) is 56.2 Å². The average Bonchev–Trinajstić information content (AvgIpc) is 3.39. The van der Waals surface area contributed by atoms with Crippen LogP contribution in [-0.2, 0) is 15.0 Å². The van der Waals surface area contributed by atoms with Crippen LogP contribution in [0.2, 0.25) is 0 Å². The monoisotopic (exact) mass is 557 g/mol. The van der Waals surface area contributed by atoms with Crippen LogP contribution in [0.25, 0.3) is 0 Å². The largest absolute Gasteiger partial charge is 0.424 e. The predicted molar refractivity (Wildman–Crippen MR) is 157 cm³/mol. The van der Waals surface area contributed by atoms with E-state index < -0.39 is 10.8 Å². The Morgan fingerprint density at radius 3 is 2.29 bits per heavy atom. The molecular formula is C35H47N3O3. The summed E-state index contributed by atoms with van der Waals surface area (Å²) in [4.78, 5) is 28.0. The smallest absolute Gasteiger partial charge is 0.222 e. The molecule has 5 aliphatic rings. The molecule has 0 amide bonds. The first-order chi connectivity index (χ1) is 19.0. The maximum Gasteiger partial charge on any atom is 0.222 e. The van der Waals surface area contributed by atoms with Gasteiger partial charge in [0.1, 0.15) is 6.07 Å². The van der Waals surface area contributed by atoms with E-state index >= 15 is 0 Å². The van der Waals surface area contributed by atoms with Crippen molar-refractivity contribution in [2.24, 2.45) is 44.8 Å². The van der Waals surface area contributed by atoms with E-state index in [0.29, 0.717) is 5.89 Å². The summed E-state index contributed by atoms with van der Waals surface area (Å²) in [5.74, 6) is 1.75. The van der Waals surface area contributed by atoms with E-state index in [1.165, 1.54) is 0 Å². The number of ketones is 2. The zero-order valence-corrected chi connectivity index (χ0v) is 26.5. The van der Waals surface area contributed by atoms with Crippen molar-refractivity contribution in [3.05, 3.63) is 35.1 Å². The first kappa shape index (κ1) is 28.6. The molecule has 41 heavy (non-hydrogen) atoms. The molecule has 7 atom stereocenters. The van der Waals surface area contributed by atoms with Crippen molar-refractivity contribution >= 4 is 11.6 Å². The van der Waals surface area contributed by atoms with E-state index in [9.17, 15) is 14.9 Å². The van der Waals surface area contributed by atoms with Crippen molar-refractivity contribution < 1.29 is 14.0 Å². The van der Waals surface area contributed by atoms with E-state index in [-0.39, 0.29) is 62.5 Å². The molecule has 6 nitrogen and oxygen atoms in total. The standard InChI is InChI=1S/C35H47N3O3/c1-20(2)28-37-38-29(41-28)35-14-12-30(3,4)18-22(35)26-23(39)16-25-32(7)17-21(19-36)27(40)31(5,6)24(32)10-11-33(25,8)34(26,9)13-15-35/h16-17,20,22,24,26H,10-15,18H2,1-9H3/t22?,24-,26?,32-,33+,34+,35-/m0/s1. The maximum atomic E-state index is 14.7. The Bertz CT molecular complexity index is 1440. The summed E-state index contributed by atoms with van der Waals surface area (Å²) in [5.41, 5.74) is -0.427. The molecule has 6 rings (SSSR count). The fraction of sp³-hybridized carbons (Fsp3) is 0.743. The van der Waals surface area contributed by atoms with E-state index in [1.54, 1.807) is 0 Å². The molecule has 1 aromatic rings. The summed E-state index contributed by atoms with van der Waals surface area (Å²) in [6.07, 6.45) is 10.6. The average molecular weight is 558 g/mol. The number of allylic oxidation sites excluding steroid dienone is 4. The highest BCUT2D eigenvalue weighted by atomic mass is 16.4. The fourth-order valence-electron chi connectivity index (χ4n) is 10.7. The normalized spacial score (nSPS) is 42.7. The number of aromatic nitrogens is 2. The molecule has 5 aliphatic carbocycles. The van der Waals surface area contributed by atoms with Crippen LogP contribution in [0.4, 0.5) is 0 Å². The second-order valence-electron chi connectivity index (χ2n) is 16.5. The second kappa shape index (κ2) is 8.51. The summed E-state index contributed by atoms with van der Waals surface area (Å²) in [6.45, 7) is 19.8. The van der Waals surface area contributed by atoms with Crippen molar-refractivity contribution in [1.82, 2.24) is 10.2 Å². The minimum Gasteiger partial charge on any atom is -0.424 e. The van der Waals surface area contributed by atoms with Crippen LogP contribution in [0.1, 0.15) is 125 Å². The van der Waals surface area contributed by atoms with Gasteiger partial charge in [-0.2, -0.15) is 5.26 Å². The van der Waals surface area contributed by atoms with Crippen LogP contribution in [0.15, 0.2) is 27.7 Å². The molecule has 0 aliphatic heterocycles. The Morgan fingerprint density at radius 2 is 1.66 bits per heavy atom. The van der Waals surface area contributed by atoms with Gasteiger partial charge >= 0.3 is 0 Å². The number of hydrogen-bond donors (Lipinski definition) is 0. The SMILES string of the molecule is CC(C)c1nnc([C@]23CCC(C)(C)CC2C2C(=O)C=C4[C@@]5(C)C=C(C#N)C(=O)C(C)(C)[C@@H]5CC[C@@]4(C)[C@]2(C)CC3)o1. The van der Waals surface area contributed by atoms with E-state index in [2.05, 4.69) is 64.7 Å². The first-order valence-corrected chi connectivity index (χ1v) is 15.7. The molecule has 3 saturated carbocycles. The molecule has 3 fully saturated rings. The van der Waals surface area contributed by atoms with Crippen LogP contribution in [0.5, 0.6) is 0 Å². The molecule has 1 heterocycles. The van der Waals surface area contributed by atoms with Crippen molar-refractivity contribution in [2.75, 3.05) is 0 Å². The molecule has 0 radical (unpaired) electrons. The number of Topliss-reactive ketones (excluding diaryl/α,β-unsaturated/α-hetero) is 1. The Kier molecular flexibility index (Phi) is 5.93. The third-order valence-electron chi connectivity index (χ3n) is 13.2. The molecular weight excluding hydrogens is 510 g/mol. The summed E-state index contributed by atoms with van der Waals surface area (Å²) in [5, 5.41) is 19.1. The Hall–Kier alpha value is -2.55. The van der Waals surface area contributed by atoms with Crippen molar-refractivity contribution in [1.29, 1.82) is 5.26 Å². The van der Waals surface area contributed by atoms with E-state index in [0.717, 1.165) is 56.4 Å². The molecule has 6 heteroatoms. The van der Waals surface area contributed by atoms with Gasteiger partial charge in [-0.05, 0) is 79.1 Å². The van der Waals surface area contributed by atoms with Crippen molar-refractivity contribution in [3.8, 4) is 6.07 Å². The highest BCUT2D eigenvalue weighted by Gasteiger charge is 2.70. The lowest BCUT2D eigenvalue weighted by molar-refractivity contribution is -0.161. The fourth-order valence-corrected chi connectivity index (χ4v) is 10.7.